The van der Waals surface area contributed by atoms with Crippen LogP contribution in [0.4, 0.5) is 0 Å². The summed E-state index contributed by atoms with van der Waals surface area (Å²) in [7, 11) is 0. The molecule has 0 aliphatic carbocycles. The molecule has 0 heterocycles. The third-order valence-electron chi connectivity index (χ3n) is 0.791. The summed E-state index contributed by atoms with van der Waals surface area (Å²) >= 11 is 0. The number of hydrogen-bond donors (Lipinski definition) is 2. The van der Waals surface area contributed by atoms with Gasteiger partial charge in [-0.2, -0.15) is 0 Å². The van der Waals surface area contributed by atoms with Gasteiger partial charge in [0.15, 0.2) is 0 Å². The fraction of sp³-hybridized carbons (Fsp3) is 0.333. The molecule has 0 aliphatic rings. The van der Waals surface area contributed by atoms with Gasteiger partial charge in [-0.25, -0.2) is 4.79 Å². The first kappa shape index (κ1) is 19.1. The van der Waals surface area contributed by atoms with Gasteiger partial charge < -0.3 is 11.8 Å². The van der Waals surface area contributed by atoms with Crippen LogP contribution in [0, 0.1) is 0 Å². The Kier molecular flexibility index (Phi) is 16.9. The zero-order valence-electron chi connectivity index (χ0n) is 9.91. The summed E-state index contributed by atoms with van der Waals surface area (Å²) in [5.41, 5.74) is 0. The fourth-order valence-electron chi connectivity index (χ4n) is 0.343. The van der Waals surface area contributed by atoms with Crippen molar-refractivity contribution >= 4 is 11.9 Å². The average molecular weight is 209 g/mol. The van der Waals surface area contributed by atoms with Crippen LogP contribution in [0.5, 0.6) is 0 Å². The van der Waals surface area contributed by atoms with Crippen molar-refractivity contribution < 1.29 is 45.7 Å². The first-order valence-corrected chi connectivity index (χ1v) is 3.72. The van der Waals surface area contributed by atoms with Gasteiger partial charge in [0.05, 0.1) is 0 Å². The van der Waals surface area contributed by atoms with E-state index in [-0.39, 0.29) is 42.9 Å². The Bertz CT molecular complexity index is 208. The van der Waals surface area contributed by atoms with Crippen LogP contribution in [-0.4, -0.2) is 23.0 Å². The van der Waals surface area contributed by atoms with Crippen LogP contribution in [0.1, 0.15) is 15.3 Å². The minimum absolute atomic E-state index is 0. The van der Waals surface area contributed by atoms with Crippen LogP contribution in [-0.2, 0) is 9.59 Å². The van der Waals surface area contributed by atoms with E-state index >= 15 is 0 Å². The Balaban J connectivity index is -0.0000000770. The molecule has 0 aliphatic heterocycles. The maximum absolute atomic E-state index is 10.4. The molecule has 14 heavy (non-hydrogen) atoms. The molecule has 0 aromatic carbocycles. The number of hydrogen-bond acceptors (Lipinski definition) is 2. The summed E-state index contributed by atoms with van der Waals surface area (Å²) in [4.78, 5) is 19.6. The summed E-state index contributed by atoms with van der Waals surface area (Å²) in [5.74, 6) is -1.09. The van der Waals surface area contributed by atoms with E-state index in [1.165, 1.54) is 6.08 Å². The van der Waals surface area contributed by atoms with Crippen LogP contribution in [0.3, 0.4) is 0 Å². The quantitative estimate of drug-likeness (QED) is 0.420. The zero-order chi connectivity index (χ0) is 10.9. The first-order valence-electron chi connectivity index (χ1n) is 3.72. The van der Waals surface area contributed by atoms with Gasteiger partial charge in [0, 0.05) is 12.1 Å². The monoisotopic (exact) mass is 209 g/mol. The van der Waals surface area contributed by atoms with Crippen molar-refractivity contribution in [3.8, 4) is 0 Å². The number of rotatable bonds is 3. The van der Waals surface area contributed by atoms with Gasteiger partial charge in [0.1, 0.15) is 0 Å². The smallest absolute Gasteiger partial charge is 1.00 e. The normalized spacial score (nSPS) is 7.36. The SMILES string of the molecule is C=CC(=O)NC(C)C.C=CC(=O)O.[H-].[Na+]. The molecule has 0 atom stereocenters. The van der Waals surface area contributed by atoms with Gasteiger partial charge in [-0.3, -0.25) is 4.79 Å². The van der Waals surface area contributed by atoms with E-state index in [2.05, 4.69) is 18.5 Å². The standard InChI is InChI=1S/C6H11NO.C3H4O2.Na.H/c1-4-6(8)7-5(2)3;1-2-3(4)5;;/h4-5H,1H2,2-3H3,(H,7,8);2H,1H2,(H,4,5);;/q;;+1;-1. The third kappa shape index (κ3) is 22.5. The molecule has 0 spiro atoms. The summed E-state index contributed by atoms with van der Waals surface area (Å²) in [6.07, 6.45) is 2.10. The second kappa shape index (κ2) is 12.4. The first-order chi connectivity index (χ1) is 5.93. The van der Waals surface area contributed by atoms with Crippen LogP contribution >= 0.6 is 0 Å². The predicted molar refractivity (Wildman–Crippen MR) is 52.4 cm³/mol. The second-order valence-corrected chi connectivity index (χ2v) is 2.41. The zero-order valence-corrected chi connectivity index (χ0v) is 10.9. The minimum atomic E-state index is -0.981. The molecule has 0 saturated heterocycles. The van der Waals surface area contributed by atoms with E-state index in [0.717, 1.165) is 6.08 Å². The topological polar surface area (TPSA) is 66.4 Å². The molecular formula is C9H16NNaO3. The molecule has 0 rings (SSSR count). The van der Waals surface area contributed by atoms with Crippen LogP contribution in [0.2, 0.25) is 0 Å². The second-order valence-electron chi connectivity index (χ2n) is 2.41. The molecule has 0 fully saturated rings. The number of nitrogens with one attached hydrogen (secondary N) is 1. The number of amides is 1. The van der Waals surface area contributed by atoms with E-state index in [0.29, 0.717) is 0 Å². The van der Waals surface area contributed by atoms with Crippen LogP contribution < -0.4 is 34.9 Å². The number of carbonyl (C=O) groups is 2. The molecule has 0 saturated carbocycles. The van der Waals surface area contributed by atoms with Crippen molar-refractivity contribution in [2.75, 3.05) is 0 Å². The van der Waals surface area contributed by atoms with E-state index in [9.17, 15) is 9.59 Å². The fourth-order valence-corrected chi connectivity index (χ4v) is 0.343. The number of carboxylic acid groups (broad SMARTS) is 1. The average Bonchev–Trinajstić information content (AvgIpc) is 2.04. The Morgan fingerprint density at radius 1 is 1.36 bits per heavy atom. The molecule has 1 amide bonds. The molecular weight excluding hydrogens is 193 g/mol. The van der Waals surface area contributed by atoms with Crippen LogP contribution in [0.25, 0.3) is 0 Å². The molecule has 0 bridgehead atoms. The molecule has 0 radical (unpaired) electrons. The Morgan fingerprint density at radius 3 is 1.79 bits per heavy atom. The molecule has 5 heteroatoms. The van der Waals surface area contributed by atoms with Crippen molar-refractivity contribution in [1.29, 1.82) is 0 Å². The molecule has 76 valence electrons. The maximum atomic E-state index is 10.4. The van der Waals surface area contributed by atoms with E-state index in [4.69, 9.17) is 5.11 Å². The van der Waals surface area contributed by atoms with Crippen molar-refractivity contribution in [3.05, 3.63) is 25.3 Å². The van der Waals surface area contributed by atoms with Gasteiger partial charge >= 0.3 is 35.5 Å². The molecule has 0 unspecified atom stereocenters. The number of aliphatic carboxylic acids is 1. The Hall–Kier alpha value is -0.580. The van der Waals surface area contributed by atoms with Crippen molar-refractivity contribution in [2.24, 2.45) is 0 Å². The van der Waals surface area contributed by atoms with Crippen LogP contribution in [0.15, 0.2) is 25.3 Å². The van der Waals surface area contributed by atoms with Gasteiger partial charge in [0.2, 0.25) is 5.91 Å². The molecule has 0 aromatic rings. The minimum Gasteiger partial charge on any atom is -1.00 e. The summed E-state index contributed by atoms with van der Waals surface area (Å²) in [6, 6.07) is 0.209. The van der Waals surface area contributed by atoms with Crippen molar-refractivity contribution in [1.82, 2.24) is 5.32 Å². The van der Waals surface area contributed by atoms with E-state index < -0.39 is 5.97 Å². The van der Waals surface area contributed by atoms with E-state index in [1.54, 1.807) is 0 Å². The van der Waals surface area contributed by atoms with E-state index in [1.807, 2.05) is 13.8 Å². The van der Waals surface area contributed by atoms with Gasteiger partial charge in [-0.1, -0.05) is 13.2 Å². The molecule has 4 nitrogen and oxygen atoms in total. The largest absolute Gasteiger partial charge is 1.00 e. The maximum Gasteiger partial charge on any atom is 1.00 e. The predicted octanol–water partition coefficient (Wildman–Crippen LogP) is -1.93. The summed E-state index contributed by atoms with van der Waals surface area (Å²) in [5, 5.41) is 10.2. The summed E-state index contributed by atoms with van der Waals surface area (Å²) in [6.45, 7) is 10.1. The third-order valence-corrected chi connectivity index (χ3v) is 0.791. The van der Waals surface area contributed by atoms with Gasteiger partial charge in [-0.05, 0) is 19.9 Å². The number of carbonyl (C=O) groups excluding carboxylic acids is 1. The van der Waals surface area contributed by atoms with Crippen molar-refractivity contribution in [2.45, 2.75) is 19.9 Å². The molecule has 0 aromatic heterocycles. The Morgan fingerprint density at radius 2 is 1.71 bits per heavy atom. The van der Waals surface area contributed by atoms with Gasteiger partial charge in [-0.15, -0.1) is 0 Å². The number of carboxylic acids is 1. The molecule has 2 N–H and O–H groups in total. The summed E-state index contributed by atoms with van der Waals surface area (Å²) < 4.78 is 0. The Labute approximate surface area is 108 Å². The van der Waals surface area contributed by atoms with Gasteiger partial charge in [0.25, 0.3) is 0 Å². The van der Waals surface area contributed by atoms with Crippen molar-refractivity contribution in [3.63, 3.8) is 0 Å².